The van der Waals surface area contributed by atoms with E-state index in [1.165, 1.54) is 5.56 Å². The largest absolute Gasteiger partial charge is 0.488 e. The van der Waals surface area contributed by atoms with Crippen LogP contribution in [0, 0.1) is 6.92 Å². The summed E-state index contributed by atoms with van der Waals surface area (Å²) in [7, 11) is 0. The van der Waals surface area contributed by atoms with Crippen molar-refractivity contribution in [3.05, 3.63) is 63.6 Å². The summed E-state index contributed by atoms with van der Waals surface area (Å²) < 4.78 is 6.54. The predicted octanol–water partition coefficient (Wildman–Crippen LogP) is 4.15. The molecule has 0 aliphatic rings. The molecular weight excluding hydrogens is 292 g/mol. The van der Waals surface area contributed by atoms with Gasteiger partial charge in [0.25, 0.3) is 0 Å². The zero-order valence-corrected chi connectivity index (χ0v) is 11.6. The van der Waals surface area contributed by atoms with E-state index in [2.05, 4.69) is 22.0 Å². The van der Waals surface area contributed by atoms with E-state index in [4.69, 9.17) is 4.74 Å². The second-order valence-corrected chi connectivity index (χ2v) is 4.99. The third kappa shape index (κ3) is 3.20. The quantitative estimate of drug-likeness (QED) is 0.793. The Balaban J connectivity index is 2.13. The molecule has 0 N–H and O–H groups in total. The number of hydrogen-bond donors (Lipinski definition) is 0. The Bertz CT molecular complexity index is 564. The van der Waals surface area contributed by atoms with Gasteiger partial charge in [-0.25, -0.2) is 0 Å². The molecule has 2 nitrogen and oxygen atoms in total. The smallest absolute Gasteiger partial charge is 0.153 e. The molecule has 0 bridgehead atoms. The summed E-state index contributed by atoms with van der Waals surface area (Å²) in [5, 5.41) is 0. The Labute approximate surface area is 115 Å². The van der Waals surface area contributed by atoms with E-state index in [1.807, 2.05) is 31.2 Å². The van der Waals surface area contributed by atoms with E-state index in [-0.39, 0.29) is 0 Å². The van der Waals surface area contributed by atoms with Gasteiger partial charge in [-0.2, -0.15) is 0 Å². The molecule has 2 aromatic rings. The van der Waals surface area contributed by atoms with Crippen molar-refractivity contribution in [2.24, 2.45) is 0 Å². The predicted molar refractivity (Wildman–Crippen MR) is 75.0 cm³/mol. The SMILES string of the molecule is Cc1cccc(COc2ccc(Br)cc2C=O)c1. The average molecular weight is 305 g/mol. The molecule has 18 heavy (non-hydrogen) atoms. The topological polar surface area (TPSA) is 26.3 Å². The summed E-state index contributed by atoms with van der Waals surface area (Å²) in [6.07, 6.45) is 0.802. The number of ether oxygens (including phenoxy) is 1. The maximum absolute atomic E-state index is 10.9. The molecule has 0 saturated heterocycles. The van der Waals surface area contributed by atoms with E-state index in [9.17, 15) is 4.79 Å². The van der Waals surface area contributed by atoms with Gasteiger partial charge in [0.05, 0.1) is 5.56 Å². The molecule has 0 fully saturated rings. The Kier molecular flexibility index (Phi) is 4.15. The fraction of sp³-hybridized carbons (Fsp3) is 0.133. The maximum atomic E-state index is 10.9. The number of aryl methyl sites for hydroxylation is 1. The molecule has 3 heteroatoms. The highest BCUT2D eigenvalue weighted by Crippen LogP contribution is 2.22. The molecule has 0 amide bonds. The van der Waals surface area contributed by atoms with Gasteiger partial charge in [-0.3, -0.25) is 4.79 Å². The molecule has 0 atom stereocenters. The highest BCUT2D eigenvalue weighted by molar-refractivity contribution is 9.10. The molecule has 0 aliphatic carbocycles. The number of carbonyl (C=O) groups excluding carboxylic acids is 1. The van der Waals surface area contributed by atoms with Crippen LogP contribution < -0.4 is 4.74 Å². The van der Waals surface area contributed by atoms with Crippen molar-refractivity contribution < 1.29 is 9.53 Å². The van der Waals surface area contributed by atoms with Crippen LogP contribution in [0.5, 0.6) is 5.75 Å². The van der Waals surface area contributed by atoms with E-state index < -0.39 is 0 Å². The Hall–Kier alpha value is -1.61. The third-order valence-corrected chi connectivity index (χ3v) is 3.07. The maximum Gasteiger partial charge on any atom is 0.153 e. The first-order valence-corrected chi connectivity index (χ1v) is 6.41. The van der Waals surface area contributed by atoms with Gasteiger partial charge < -0.3 is 4.74 Å². The minimum atomic E-state index is 0.462. The lowest BCUT2D eigenvalue weighted by Crippen LogP contribution is -1.98. The summed E-state index contributed by atoms with van der Waals surface area (Å²) in [5.41, 5.74) is 2.84. The molecule has 0 spiro atoms. The Morgan fingerprint density at radius 2 is 2.06 bits per heavy atom. The lowest BCUT2D eigenvalue weighted by atomic mass is 10.1. The first-order valence-electron chi connectivity index (χ1n) is 5.62. The molecule has 2 aromatic carbocycles. The molecule has 0 saturated carbocycles. The van der Waals surface area contributed by atoms with Crippen LogP contribution in [-0.4, -0.2) is 6.29 Å². The molecule has 0 radical (unpaired) electrons. The fourth-order valence-corrected chi connectivity index (χ4v) is 2.08. The number of hydrogen-bond acceptors (Lipinski definition) is 2. The fourth-order valence-electron chi connectivity index (χ4n) is 1.71. The van der Waals surface area contributed by atoms with Crippen molar-refractivity contribution in [3.63, 3.8) is 0 Å². The van der Waals surface area contributed by atoms with Gasteiger partial charge in [0.1, 0.15) is 12.4 Å². The molecule has 0 aliphatic heterocycles. The number of halogens is 1. The third-order valence-electron chi connectivity index (χ3n) is 2.58. The minimum absolute atomic E-state index is 0.462. The number of rotatable bonds is 4. The van der Waals surface area contributed by atoms with Gasteiger partial charge in [-0.15, -0.1) is 0 Å². The normalized spacial score (nSPS) is 10.1. The second kappa shape index (κ2) is 5.83. The van der Waals surface area contributed by atoms with Gasteiger partial charge in [0.2, 0.25) is 0 Å². The van der Waals surface area contributed by atoms with Crippen LogP contribution in [0.3, 0.4) is 0 Å². The second-order valence-electron chi connectivity index (χ2n) is 4.08. The highest BCUT2D eigenvalue weighted by atomic mass is 79.9. The van der Waals surface area contributed by atoms with E-state index in [1.54, 1.807) is 12.1 Å². The van der Waals surface area contributed by atoms with Crippen LogP contribution in [0.4, 0.5) is 0 Å². The first kappa shape index (κ1) is 12.8. The van der Waals surface area contributed by atoms with Crippen LogP contribution >= 0.6 is 15.9 Å². The van der Waals surface area contributed by atoms with Crippen molar-refractivity contribution >= 4 is 22.2 Å². The molecule has 0 aromatic heterocycles. The summed E-state index contributed by atoms with van der Waals surface area (Å²) in [4.78, 5) is 10.9. The van der Waals surface area contributed by atoms with Crippen LogP contribution in [-0.2, 0) is 6.61 Å². The van der Waals surface area contributed by atoms with Gasteiger partial charge in [0.15, 0.2) is 6.29 Å². The van der Waals surface area contributed by atoms with E-state index in [0.717, 1.165) is 16.3 Å². The number of carbonyl (C=O) groups is 1. The van der Waals surface area contributed by atoms with E-state index in [0.29, 0.717) is 17.9 Å². The van der Waals surface area contributed by atoms with Crippen molar-refractivity contribution in [2.45, 2.75) is 13.5 Å². The van der Waals surface area contributed by atoms with E-state index >= 15 is 0 Å². The lowest BCUT2D eigenvalue weighted by molar-refractivity contribution is 0.111. The van der Waals surface area contributed by atoms with Crippen molar-refractivity contribution in [3.8, 4) is 5.75 Å². The zero-order valence-electron chi connectivity index (χ0n) is 10.0. The van der Waals surface area contributed by atoms with Crippen molar-refractivity contribution in [2.75, 3.05) is 0 Å². The van der Waals surface area contributed by atoms with Crippen LogP contribution in [0.2, 0.25) is 0 Å². The molecular formula is C15H13BrO2. The summed E-state index contributed by atoms with van der Waals surface area (Å²) in [5.74, 6) is 0.606. The molecule has 2 rings (SSSR count). The van der Waals surface area contributed by atoms with Crippen LogP contribution in [0.25, 0.3) is 0 Å². The summed E-state index contributed by atoms with van der Waals surface area (Å²) in [6, 6.07) is 13.5. The molecule has 0 unspecified atom stereocenters. The van der Waals surface area contributed by atoms with Crippen LogP contribution in [0.1, 0.15) is 21.5 Å². The minimum Gasteiger partial charge on any atom is -0.488 e. The Morgan fingerprint density at radius 3 is 2.78 bits per heavy atom. The highest BCUT2D eigenvalue weighted by Gasteiger charge is 2.04. The number of aldehydes is 1. The number of benzene rings is 2. The zero-order chi connectivity index (χ0) is 13.0. The van der Waals surface area contributed by atoms with Crippen molar-refractivity contribution in [1.29, 1.82) is 0 Å². The van der Waals surface area contributed by atoms with Gasteiger partial charge in [-0.05, 0) is 30.7 Å². The molecule has 92 valence electrons. The summed E-state index contributed by atoms with van der Waals surface area (Å²) >= 11 is 3.33. The Morgan fingerprint density at radius 1 is 1.22 bits per heavy atom. The average Bonchev–Trinajstić information content (AvgIpc) is 2.37. The first-order chi connectivity index (χ1) is 8.69. The van der Waals surface area contributed by atoms with Crippen molar-refractivity contribution in [1.82, 2.24) is 0 Å². The lowest BCUT2D eigenvalue weighted by Gasteiger charge is -2.09. The van der Waals surface area contributed by atoms with Gasteiger partial charge in [-0.1, -0.05) is 45.8 Å². The standard InChI is InChI=1S/C15H13BrO2/c1-11-3-2-4-12(7-11)10-18-15-6-5-14(16)8-13(15)9-17/h2-9H,10H2,1H3. The molecule has 0 heterocycles. The van der Waals surface area contributed by atoms with Gasteiger partial charge in [0, 0.05) is 4.47 Å². The van der Waals surface area contributed by atoms with Gasteiger partial charge >= 0.3 is 0 Å². The van der Waals surface area contributed by atoms with Crippen LogP contribution in [0.15, 0.2) is 46.9 Å². The summed E-state index contributed by atoms with van der Waals surface area (Å²) in [6.45, 7) is 2.50. The monoisotopic (exact) mass is 304 g/mol.